The molecule has 2 nitrogen and oxygen atoms in total. The van der Waals surface area contributed by atoms with Gasteiger partial charge in [0.1, 0.15) is 18.1 Å². The van der Waals surface area contributed by atoms with Gasteiger partial charge in [-0.15, -0.1) is 13.2 Å². The highest BCUT2D eigenvalue weighted by molar-refractivity contribution is 5.43. The van der Waals surface area contributed by atoms with Crippen molar-refractivity contribution in [2.45, 2.75) is 18.8 Å². The fourth-order valence-corrected chi connectivity index (χ4v) is 2.01. The minimum atomic E-state index is 0.334. The summed E-state index contributed by atoms with van der Waals surface area (Å²) in [6, 6.07) is 5.92. The molecule has 0 heterocycles. The molecule has 0 aliphatic rings. The maximum atomic E-state index is 5.74. The molecule has 1 rings (SSSR count). The molecule has 0 spiro atoms. The first kappa shape index (κ1) is 15.1. The summed E-state index contributed by atoms with van der Waals surface area (Å²) in [4.78, 5) is 0. The van der Waals surface area contributed by atoms with Crippen molar-refractivity contribution in [1.29, 1.82) is 0 Å². The largest absolute Gasteiger partial charge is 0.497 e. The first-order valence-corrected chi connectivity index (χ1v) is 6.40. The maximum absolute atomic E-state index is 5.74. The van der Waals surface area contributed by atoms with Gasteiger partial charge in [0.05, 0.1) is 7.11 Å². The van der Waals surface area contributed by atoms with Crippen molar-refractivity contribution >= 4 is 0 Å². The zero-order valence-corrected chi connectivity index (χ0v) is 11.6. The minimum Gasteiger partial charge on any atom is -0.497 e. The number of hydrogen-bond acceptors (Lipinski definition) is 2. The topological polar surface area (TPSA) is 18.5 Å². The van der Waals surface area contributed by atoms with Crippen molar-refractivity contribution in [2.24, 2.45) is 0 Å². The highest BCUT2D eigenvalue weighted by atomic mass is 16.5. The molecule has 1 aromatic rings. The van der Waals surface area contributed by atoms with Crippen LogP contribution in [0.5, 0.6) is 11.5 Å². The van der Waals surface area contributed by atoms with Crippen LogP contribution in [0.2, 0.25) is 0 Å². The van der Waals surface area contributed by atoms with Crippen LogP contribution in [0.3, 0.4) is 0 Å². The van der Waals surface area contributed by atoms with E-state index in [9.17, 15) is 0 Å². The van der Waals surface area contributed by atoms with Crippen molar-refractivity contribution in [1.82, 2.24) is 0 Å². The summed E-state index contributed by atoms with van der Waals surface area (Å²) in [5.74, 6) is 1.97. The van der Waals surface area contributed by atoms with Crippen molar-refractivity contribution in [3.05, 3.63) is 61.7 Å². The Labute approximate surface area is 116 Å². The molecule has 0 aliphatic carbocycles. The Balaban J connectivity index is 3.09. The van der Waals surface area contributed by atoms with Gasteiger partial charge >= 0.3 is 0 Å². The molecule has 2 heteroatoms. The molecule has 0 saturated heterocycles. The number of benzene rings is 1. The summed E-state index contributed by atoms with van der Waals surface area (Å²) in [7, 11) is 1.65. The Kier molecular flexibility index (Phi) is 6.51. The monoisotopic (exact) mass is 258 g/mol. The van der Waals surface area contributed by atoms with Gasteiger partial charge in [0, 0.05) is 6.07 Å². The molecule has 102 valence electrons. The van der Waals surface area contributed by atoms with Crippen LogP contribution in [0.25, 0.3) is 0 Å². The molecule has 0 aliphatic heterocycles. The lowest BCUT2D eigenvalue weighted by atomic mass is 9.91. The van der Waals surface area contributed by atoms with E-state index in [2.05, 4.69) is 25.8 Å². The van der Waals surface area contributed by atoms with Gasteiger partial charge in [-0.2, -0.15) is 0 Å². The predicted octanol–water partition coefficient (Wildman–Crippen LogP) is 4.50. The predicted molar refractivity (Wildman–Crippen MR) is 81.1 cm³/mol. The Morgan fingerprint density at radius 2 is 1.79 bits per heavy atom. The van der Waals surface area contributed by atoms with Gasteiger partial charge in [0.25, 0.3) is 0 Å². The third kappa shape index (κ3) is 4.32. The number of rotatable bonds is 9. The summed E-state index contributed by atoms with van der Waals surface area (Å²) >= 11 is 0. The number of methoxy groups -OCH3 is 1. The van der Waals surface area contributed by atoms with Crippen molar-refractivity contribution in [3.8, 4) is 11.5 Å². The van der Waals surface area contributed by atoms with E-state index in [0.29, 0.717) is 12.5 Å². The molecule has 0 aromatic heterocycles. The lowest BCUT2D eigenvalue weighted by molar-refractivity contribution is 0.350. The van der Waals surface area contributed by atoms with Gasteiger partial charge in [-0.25, -0.2) is 0 Å². The van der Waals surface area contributed by atoms with E-state index >= 15 is 0 Å². The van der Waals surface area contributed by atoms with Crippen LogP contribution in [0, 0.1) is 0 Å². The number of allylic oxidation sites excluding steroid dienone is 2. The molecule has 0 amide bonds. The lowest BCUT2D eigenvalue weighted by Gasteiger charge is -2.18. The Morgan fingerprint density at radius 1 is 1.11 bits per heavy atom. The SMILES string of the molecule is C=CCOc1cc(OC)ccc1C(CC=C)CC=C. The highest BCUT2D eigenvalue weighted by Crippen LogP contribution is 2.34. The molecule has 0 atom stereocenters. The fourth-order valence-electron chi connectivity index (χ4n) is 2.01. The van der Waals surface area contributed by atoms with Gasteiger partial charge in [0.15, 0.2) is 0 Å². The molecule has 0 fully saturated rings. The van der Waals surface area contributed by atoms with E-state index in [4.69, 9.17) is 9.47 Å². The second-order valence-electron chi connectivity index (χ2n) is 4.25. The molecule has 1 aromatic carbocycles. The standard InChI is InChI=1S/C17H22O2/c1-5-8-14(9-6-2)16-11-10-15(18-4)13-17(16)19-12-7-3/h5-7,10-11,13-14H,1-3,8-9,12H2,4H3. The number of hydrogen-bond donors (Lipinski definition) is 0. The van der Waals surface area contributed by atoms with Gasteiger partial charge in [0.2, 0.25) is 0 Å². The zero-order valence-electron chi connectivity index (χ0n) is 11.6. The van der Waals surface area contributed by atoms with E-state index in [0.717, 1.165) is 29.9 Å². The Bertz CT molecular complexity index is 425. The summed E-state index contributed by atoms with van der Waals surface area (Å²) in [5.41, 5.74) is 1.16. The van der Waals surface area contributed by atoms with Crippen LogP contribution in [0.4, 0.5) is 0 Å². The van der Waals surface area contributed by atoms with E-state index in [1.54, 1.807) is 13.2 Å². The normalized spacial score (nSPS) is 10.0. The fraction of sp³-hybridized carbons (Fsp3) is 0.294. The zero-order chi connectivity index (χ0) is 14.1. The smallest absolute Gasteiger partial charge is 0.126 e. The molecular weight excluding hydrogens is 236 g/mol. The first-order valence-electron chi connectivity index (χ1n) is 6.40. The average Bonchev–Trinajstić information content (AvgIpc) is 2.44. The van der Waals surface area contributed by atoms with Crippen molar-refractivity contribution in [3.63, 3.8) is 0 Å². The van der Waals surface area contributed by atoms with E-state index in [1.165, 1.54) is 0 Å². The molecule has 19 heavy (non-hydrogen) atoms. The second kappa shape index (κ2) is 8.20. The first-order chi connectivity index (χ1) is 9.26. The van der Waals surface area contributed by atoms with Gasteiger partial charge in [-0.1, -0.05) is 30.9 Å². The maximum Gasteiger partial charge on any atom is 0.126 e. The third-order valence-electron chi connectivity index (χ3n) is 2.92. The molecule has 0 bridgehead atoms. The minimum absolute atomic E-state index is 0.334. The van der Waals surface area contributed by atoms with Gasteiger partial charge < -0.3 is 9.47 Å². The lowest BCUT2D eigenvalue weighted by Crippen LogP contribution is -2.03. The summed E-state index contributed by atoms with van der Waals surface area (Å²) in [6.45, 7) is 11.8. The molecular formula is C17H22O2. The van der Waals surface area contributed by atoms with Crippen LogP contribution in [-0.2, 0) is 0 Å². The summed E-state index contributed by atoms with van der Waals surface area (Å²) in [5, 5.41) is 0. The van der Waals surface area contributed by atoms with Crippen LogP contribution >= 0.6 is 0 Å². The van der Waals surface area contributed by atoms with Gasteiger partial charge in [-0.05, 0) is 30.4 Å². The van der Waals surface area contributed by atoms with Crippen LogP contribution < -0.4 is 9.47 Å². The van der Waals surface area contributed by atoms with E-state index in [1.807, 2.05) is 24.3 Å². The summed E-state index contributed by atoms with van der Waals surface area (Å²) in [6.07, 6.45) is 7.37. The third-order valence-corrected chi connectivity index (χ3v) is 2.92. The van der Waals surface area contributed by atoms with Crippen LogP contribution in [0.15, 0.2) is 56.2 Å². The van der Waals surface area contributed by atoms with E-state index < -0.39 is 0 Å². The van der Waals surface area contributed by atoms with Crippen molar-refractivity contribution < 1.29 is 9.47 Å². The molecule has 0 N–H and O–H groups in total. The molecule has 0 radical (unpaired) electrons. The Hall–Kier alpha value is -1.96. The molecule has 0 saturated carbocycles. The average molecular weight is 258 g/mol. The van der Waals surface area contributed by atoms with E-state index in [-0.39, 0.29) is 0 Å². The highest BCUT2D eigenvalue weighted by Gasteiger charge is 2.15. The van der Waals surface area contributed by atoms with Crippen LogP contribution in [-0.4, -0.2) is 13.7 Å². The second-order valence-corrected chi connectivity index (χ2v) is 4.25. The van der Waals surface area contributed by atoms with Crippen molar-refractivity contribution in [2.75, 3.05) is 13.7 Å². The van der Waals surface area contributed by atoms with Gasteiger partial charge in [-0.3, -0.25) is 0 Å². The van der Waals surface area contributed by atoms with Crippen LogP contribution in [0.1, 0.15) is 24.3 Å². The summed E-state index contributed by atoms with van der Waals surface area (Å²) < 4.78 is 11.0. The quantitative estimate of drug-likeness (QED) is 0.607. The Morgan fingerprint density at radius 3 is 2.32 bits per heavy atom. The number of ether oxygens (including phenoxy) is 2. The molecule has 0 unspecified atom stereocenters.